The van der Waals surface area contributed by atoms with Crippen molar-refractivity contribution in [3.8, 4) is 0 Å². The van der Waals surface area contributed by atoms with Gasteiger partial charge in [-0.2, -0.15) is 0 Å². The number of fused-ring (bicyclic) bond motifs is 1. The summed E-state index contributed by atoms with van der Waals surface area (Å²) >= 11 is 0.292. The molecule has 1 aromatic heterocycles. The van der Waals surface area contributed by atoms with Crippen LogP contribution in [0.1, 0.15) is 14.8 Å². The minimum absolute atomic E-state index is 0.214. The van der Waals surface area contributed by atoms with Crippen molar-refractivity contribution in [1.82, 2.24) is 0 Å². The van der Waals surface area contributed by atoms with Crippen molar-refractivity contribution in [2.75, 3.05) is 7.11 Å². The second-order valence-corrected chi connectivity index (χ2v) is 5.66. The molecule has 2 nitrogen and oxygen atoms in total. The van der Waals surface area contributed by atoms with E-state index >= 15 is 0 Å². The Hall–Kier alpha value is -1.05. The average Bonchev–Trinajstić information content (AvgIpc) is 2.53. The number of esters is 1. The second-order valence-electron chi connectivity index (χ2n) is 3.02. The predicted molar refractivity (Wildman–Crippen MR) is 57.0 cm³/mol. The van der Waals surface area contributed by atoms with Crippen molar-refractivity contribution in [1.29, 1.82) is 0 Å². The Morgan fingerprint density at radius 1 is 1.36 bits per heavy atom. The van der Waals surface area contributed by atoms with E-state index in [0.717, 1.165) is 15.4 Å². The third-order valence-corrected chi connectivity index (χ3v) is 4.44. The zero-order valence-corrected chi connectivity index (χ0v) is 9.75. The van der Waals surface area contributed by atoms with Crippen LogP contribution in [0.2, 0.25) is 0 Å². The van der Waals surface area contributed by atoms with Crippen molar-refractivity contribution in [3.63, 3.8) is 0 Å². The number of carbonyl (C=O) groups excluding carboxylic acids is 1. The molecule has 0 atom stereocenters. The van der Waals surface area contributed by atoms with Crippen molar-refractivity contribution in [3.05, 3.63) is 34.3 Å². The molecule has 0 amide bonds. The van der Waals surface area contributed by atoms with Gasteiger partial charge >= 0.3 is 88.0 Å². The number of ether oxygens (including phenoxy) is 1. The summed E-state index contributed by atoms with van der Waals surface area (Å²) in [5.74, 6) is -0.214. The molecule has 0 aliphatic heterocycles. The molecule has 0 unspecified atom stereocenters. The van der Waals surface area contributed by atoms with Crippen molar-refractivity contribution in [2.24, 2.45) is 0 Å². The van der Waals surface area contributed by atoms with Crippen LogP contribution in [0, 0.1) is 6.92 Å². The first-order valence-corrected chi connectivity index (χ1v) is 6.02. The van der Waals surface area contributed by atoms with Crippen molar-refractivity contribution < 1.29 is 9.53 Å². The molecule has 0 bridgehead atoms. The molecule has 1 aromatic carbocycles. The van der Waals surface area contributed by atoms with Crippen LogP contribution in [-0.4, -0.2) is 27.6 Å². The molecular weight excluding hydrogens is 243 g/mol. The van der Waals surface area contributed by atoms with E-state index in [2.05, 4.69) is 6.07 Å². The van der Waals surface area contributed by atoms with Gasteiger partial charge in [-0.3, -0.25) is 0 Å². The van der Waals surface area contributed by atoms with E-state index in [9.17, 15) is 4.79 Å². The molecule has 3 heteroatoms. The zero-order chi connectivity index (χ0) is 10.1. The summed E-state index contributed by atoms with van der Waals surface area (Å²) in [7, 11) is 1.43. The summed E-state index contributed by atoms with van der Waals surface area (Å²) in [6, 6.07) is 8.03. The summed E-state index contributed by atoms with van der Waals surface area (Å²) in [4.78, 5) is 11.5. The minimum atomic E-state index is -0.214. The van der Waals surface area contributed by atoms with Gasteiger partial charge in [-0.25, -0.2) is 0 Å². The van der Waals surface area contributed by atoms with Crippen LogP contribution in [0.4, 0.5) is 0 Å². The molecule has 2 rings (SSSR count). The number of benzene rings is 1. The Labute approximate surface area is 88.2 Å². The molecule has 0 saturated carbocycles. The summed E-state index contributed by atoms with van der Waals surface area (Å²) in [6.45, 7) is 2.01. The number of carbonyl (C=O) groups is 1. The van der Waals surface area contributed by atoms with E-state index in [-0.39, 0.29) is 5.97 Å². The fraction of sp³-hybridized carbons (Fsp3) is 0.182. The third-order valence-electron chi connectivity index (χ3n) is 2.16. The standard InChI is InChI=1S/C11H10O2Se/c1-7-10(11(12)13-2)8-5-3-4-6-9(8)14-7/h3-6H,1-2H3. The molecule has 1 heterocycles. The predicted octanol–water partition coefficient (Wildman–Crippen LogP) is 1.99. The Morgan fingerprint density at radius 2 is 2.07 bits per heavy atom. The Morgan fingerprint density at radius 3 is 2.79 bits per heavy atom. The van der Waals surface area contributed by atoms with Crippen LogP contribution in [0.3, 0.4) is 0 Å². The Balaban J connectivity index is 2.74. The van der Waals surface area contributed by atoms with Crippen molar-refractivity contribution >= 4 is 30.1 Å². The van der Waals surface area contributed by atoms with Crippen LogP contribution < -0.4 is 0 Å². The van der Waals surface area contributed by atoms with Gasteiger partial charge < -0.3 is 0 Å². The van der Waals surface area contributed by atoms with Gasteiger partial charge in [-0.05, 0) is 0 Å². The van der Waals surface area contributed by atoms with Crippen LogP contribution in [0.25, 0.3) is 9.65 Å². The number of rotatable bonds is 1. The number of methoxy groups -OCH3 is 1. The fourth-order valence-electron chi connectivity index (χ4n) is 1.52. The van der Waals surface area contributed by atoms with Gasteiger partial charge in [0.25, 0.3) is 0 Å². The van der Waals surface area contributed by atoms with Gasteiger partial charge in [0.05, 0.1) is 0 Å². The van der Waals surface area contributed by atoms with Gasteiger partial charge in [0, 0.05) is 0 Å². The van der Waals surface area contributed by atoms with Gasteiger partial charge in [0.1, 0.15) is 0 Å². The van der Waals surface area contributed by atoms with Gasteiger partial charge in [-0.1, -0.05) is 0 Å². The maximum absolute atomic E-state index is 11.5. The quantitative estimate of drug-likeness (QED) is 0.574. The van der Waals surface area contributed by atoms with Gasteiger partial charge in [0.2, 0.25) is 0 Å². The topological polar surface area (TPSA) is 26.3 Å². The molecule has 0 N–H and O–H groups in total. The molecule has 0 aliphatic rings. The van der Waals surface area contributed by atoms with E-state index in [4.69, 9.17) is 4.74 Å². The molecule has 0 fully saturated rings. The first kappa shape index (κ1) is 9.50. The summed E-state index contributed by atoms with van der Waals surface area (Å²) in [5.41, 5.74) is 0.767. The molecule has 2 aromatic rings. The Bertz CT molecular complexity index is 485. The average molecular weight is 253 g/mol. The van der Waals surface area contributed by atoms with Gasteiger partial charge in [0.15, 0.2) is 0 Å². The Kier molecular flexibility index (Phi) is 2.44. The normalized spacial score (nSPS) is 10.4. The molecule has 72 valence electrons. The number of hydrogen-bond donors (Lipinski definition) is 0. The van der Waals surface area contributed by atoms with E-state index in [1.165, 1.54) is 11.4 Å². The van der Waals surface area contributed by atoms with Crippen LogP contribution in [0.5, 0.6) is 0 Å². The molecule has 0 radical (unpaired) electrons. The molecule has 0 aliphatic carbocycles. The first-order chi connectivity index (χ1) is 6.74. The third kappa shape index (κ3) is 1.39. The summed E-state index contributed by atoms with van der Waals surface area (Å²) in [5, 5.41) is 1.05. The van der Waals surface area contributed by atoms with Crippen LogP contribution in [-0.2, 0) is 4.74 Å². The van der Waals surface area contributed by atoms with Crippen LogP contribution in [0.15, 0.2) is 24.3 Å². The van der Waals surface area contributed by atoms with Gasteiger partial charge in [-0.15, -0.1) is 0 Å². The van der Waals surface area contributed by atoms with E-state index < -0.39 is 0 Å². The SMILES string of the molecule is COC(=O)c1c(C)[se]c2ccccc12. The first-order valence-electron chi connectivity index (χ1n) is 4.30. The molecule has 0 spiro atoms. The second kappa shape index (κ2) is 3.60. The molecule has 0 saturated heterocycles. The van der Waals surface area contributed by atoms with E-state index in [1.54, 1.807) is 0 Å². The van der Waals surface area contributed by atoms with Crippen LogP contribution >= 0.6 is 0 Å². The van der Waals surface area contributed by atoms with Crippen molar-refractivity contribution in [2.45, 2.75) is 6.92 Å². The maximum atomic E-state index is 11.5. The summed E-state index contributed by atoms with van der Waals surface area (Å²) < 4.78 is 7.21. The molecular formula is C11H10O2Se. The fourth-order valence-corrected chi connectivity index (χ4v) is 3.73. The number of hydrogen-bond acceptors (Lipinski definition) is 2. The van der Waals surface area contributed by atoms with E-state index in [0.29, 0.717) is 14.5 Å². The summed E-state index contributed by atoms with van der Waals surface area (Å²) in [6.07, 6.45) is 0. The number of aryl methyl sites for hydroxylation is 1. The molecule has 14 heavy (non-hydrogen) atoms. The zero-order valence-electron chi connectivity index (χ0n) is 8.03. The van der Waals surface area contributed by atoms with E-state index in [1.807, 2.05) is 25.1 Å². The monoisotopic (exact) mass is 254 g/mol.